The fourth-order valence-electron chi connectivity index (χ4n) is 1.50. The van der Waals surface area contributed by atoms with Crippen molar-refractivity contribution in [1.29, 1.82) is 0 Å². The zero-order chi connectivity index (χ0) is 15.5. The van der Waals surface area contributed by atoms with Crippen LogP contribution in [0.25, 0.3) is 0 Å². The summed E-state index contributed by atoms with van der Waals surface area (Å²) in [6.07, 6.45) is 0. The molecular weight excluding hydrogens is 286 g/mol. The molecule has 0 radical (unpaired) electrons. The van der Waals surface area contributed by atoms with Gasteiger partial charge in [0.2, 0.25) is 10.0 Å². The van der Waals surface area contributed by atoms with Gasteiger partial charge in [0.25, 0.3) is 0 Å². The van der Waals surface area contributed by atoms with Crippen molar-refractivity contribution < 1.29 is 27.9 Å². The maximum atomic E-state index is 12.2. The third-order valence-electron chi connectivity index (χ3n) is 2.73. The molecular formula is C12H15NO6S. The average molecular weight is 301 g/mol. The Bertz CT molecular complexity index is 637. The Kier molecular flexibility index (Phi) is 4.85. The maximum Gasteiger partial charge on any atom is 0.335 e. The van der Waals surface area contributed by atoms with E-state index in [1.54, 1.807) is 6.92 Å². The lowest BCUT2D eigenvalue weighted by molar-refractivity contribution is -0.140. The Morgan fingerprint density at radius 3 is 2.45 bits per heavy atom. The molecule has 1 N–H and O–H groups in total. The second-order valence-corrected chi connectivity index (χ2v) is 6.16. The molecule has 8 heteroatoms. The summed E-state index contributed by atoms with van der Waals surface area (Å²) in [4.78, 5) is 21.9. The van der Waals surface area contributed by atoms with Crippen molar-refractivity contribution in [3.05, 3.63) is 29.3 Å². The number of likely N-dealkylation sites (N-methyl/N-ethyl adjacent to an activating group) is 1. The van der Waals surface area contributed by atoms with Crippen LogP contribution in [0, 0.1) is 6.92 Å². The van der Waals surface area contributed by atoms with Crippen molar-refractivity contribution in [3.63, 3.8) is 0 Å². The molecule has 110 valence electrons. The Morgan fingerprint density at radius 1 is 1.35 bits per heavy atom. The first-order chi connectivity index (χ1) is 9.20. The van der Waals surface area contributed by atoms with E-state index in [1.807, 2.05) is 0 Å². The summed E-state index contributed by atoms with van der Waals surface area (Å²) in [6.45, 7) is 1.12. The lowest BCUT2D eigenvalue weighted by Gasteiger charge is -2.16. The molecule has 0 aliphatic rings. The number of carboxylic acid groups (broad SMARTS) is 1. The number of methoxy groups -OCH3 is 1. The molecule has 1 aromatic carbocycles. The van der Waals surface area contributed by atoms with E-state index in [1.165, 1.54) is 19.2 Å². The molecule has 0 spiro atoms. The number of sulfonamides is 1. The molecule has 1 rings (SSSR count). The van der Waals surface area contributed by atoms with Gasteiger partial charge >= 0.3 is 11.9 Å². The first-order valence-corrected chi connectivity index (χ1v) is 7.01. The van der Waals surface area contributed by atoms with E-state index < -0.39 is 28.5 Å². The summed E-state index contributed by atoms with van der Waals surface area (Å²) in [5, 5.41) is 9.00. The molecule has 0 saturated heterocycles. The Morgan fingerprint density at radius 2 is 1.95 bits per heavy atom. The normalized spacial score (nSPS) is 11.4. The van der Waals surface area contributed by atoms with Crippen LogP contribution < -0.4 is 0 Å². The number of aromatic carboxylic acids is 1. The van der Waals surface area contributed by atoms with Gasteiger partial charge in [-0.15, -0.1) is 0 Å². The minimum atomic E-state index is -3.95. The summed E-state index contributed by atoms with van der Waals surface area (Å²) in [6, 6.07) is 3.77. The molecule has 0 bridgehead atoms. The maximum absolute atomic E-state index is 12.2. The van der Waals surface area contributed by atoms with E-state index in [2.05, 4.69) is 4.74 Å². The van der Waals surface area contributed by atoms with Gasteiger partial charge in [0.15, 0.2) is 0 Å². The number of nitrogens with zero attached hydrogens (tertiary/aromatic N) is 1. The van der Waals surface area contributed by atoms with Crippen molar-refractivity contribution in [2.24, 2.45) is 0 Å². The third kappa shape index (κ3) is 3.34. The second-order valence-electron chi connectivity index (χ2n) is 4.12. The monoisotopic (exact) mass is 301 g/mol. The Balaban J connectivity index is 3.19. The molecule has 0 aliphatic heterocycles. The lowest BCUT2D eigenvalue weighted by atomic mass is 10.1. The van der Waals surface area contributed by atoms with E-state index >= 15 is 0 Å². The van der Waals surface area contributed by atoms with Gasteiger partial charge in [-0.2, -0.15) is 4.31 Å². The van der Waals surface area contributed by atoms with Crippen LogP contribution in [-0.2, 0) is 19.6 Å². The highest BCUT2D eigenvalue weighted by molar-refractivity contribution is 7.89. The van der Waals surface area contributed by atoms with Crippen molar-refractivity contribution >= 4 is 22.0 Å². The van der Waals surface area contributed by atoms with E-state index in [0.29, 0.717) is 5.56 Å². The predicted molar refractivity (Wildman–Crippen MR) is 70.0 cm³/mol. The van der Waals surface area contributed by atoms with E-state index in [9.17, 15) is 18.0 Å². The number of carboxylic acids is 1. The zero-order valence-corrected chi connectivity index (χ0v) is 12.1. The van der Waals surface area contributed by atoms with Crippen LogP contribution in [0.1, 0.15) is 15.9 Å². The van der Waals surface area contributed by atoms with Crippen molar-refractivity contribution in [2.75, 3.05) is 20.7 Å². The number of rotatable bonds is 5. The molecule has 0 unspecified atom stereocenters. The fraction of sp³-hybridized carbons (Fsp3) is 0.333. The molecule has 0 aromatic heterocycles. The highest BCUT2D eigenvalue weighted by Gasteiger charge is 2.24. The number of carbonyl (C=O) groups is 2. The number of ether oxygens (including phenoxy) is 1. The summed E-state index contributed by atoms with van der Waals surface area (Å²) in [7, 11) is -1.58. The second kappa shape index (κ2) is 6.02. The zero-order valence-electron chi connectivity index (χ0n) is 11.3. The van der Waals surface area contributed by atoms with Gasteiger partial charge in [0.1, 0.15) is 6.54 Å². The van der Waals surface area contributed by atoms with Gasteiger partial charge in [-0.25, -0.2) is 13.2 Å². The van der Waals surface area contributed by atoms with Gasteiger partial charge in [-0.1, -0.05) is 6.07 Å². The summed E-state index contributed by atoms with van der Waals surface area (Å²) in [5.41, 5.74) is 0.351. The summed E-state index contributed by atoms with van der Waals surface area (Å²) in [5.74, 6) is -1.92. The molecule has 0 heterocycles. The third-order valence-corrected chi connectivity index (χ3v) is 4.53. The van der Waals surface area contributed by atoms with Gasteiger partial charge in [0, 0.05) is 7.05 Å². The van der Waals surface area contributed by atoms with Crippen LogP contribution in [0.4, 0.5) is 0 Å². The number of esters is 1. The van der Waals surface area contributed by atoms with Gasteiger partial charge in [-0.3, -0.25) is 4.79 Å². The Hall–Kier alpha value is -1.93. The largest absolute Gasteiger partial charge is 0.478 e. The number of hydrogen-bond acceptors (Lipinski definition) is 5. The molecule has 1 aromatic rings. The molecule has 0 saturated carbocycles. The van der Waals surface area contributed by atoms with Crippen LogP contribution >= 0.6 is 0 Å². The van der Waals surface area contributed by atoms with Crippen LogP contribution in [0.3, 0.4) is 0 Å². The first-order valence-electron chi connectivity index (χ1n) is 5.57. The highest BCUT2D eigenvalue weighted by Crippen LogP contribution is 2.18. The molecule has 0 aliphatic carbocycles. The van der Waals surface area contributed by atoms with Crippen molar-refractivity contribution in [1.82, 2.24) is 4.31 Å². The van der Waals surface area contributed by atoms with E-state index in [0.717, 1.165) is 17.5 Å². The fourth-order valence-corrected chi connectivity index (χ4v) is 2.65. The minimum Gasteiger partial charge on any atom is -0.478 e. The SMILES string of the molecule is COC(=O)CN(C)S(=O)(=O)c1ccc(C)c(C(=O)O)c1. The number of benzene rings is 1. The molecule has 7 nitrogen and oxygen atoms in total. The predicted octanol–water partition coefficient (Wildman–Crippen LogP) is 0.487. The van der Waals surface area contributed by atoms with Gasteiger partial charge in [-0.05, 0) is 24.6 Å². The molecule has 0 fully saturated rings. The van der Waals surface area contributed by atoms with Gasteiger partial charge in [0.05, 0.1) is 17.6 Å². The smallest absolute Gasteiger partial charge is 0.335 e. The van der Waals surface area contributed by atoms with Crippen LogP contribution in [0.15, 0.2) is 23.1 Å². The molecule has 0 atom stereocenters. The van der Waals surface area contributed by atoms with Crippen molar-refractivity contribution in [3.8, 4) is 0 Å². The average Bonchev–Trinajstić information content (AvgIpc) is 2.38. The first kappa shape index (κ1) is 16.1. The van der Waals surface area contributed by atoms with Crippen LogP contribution in [0.5, 0.6) is 0 Å². The topological polar surface area (TPSA) is 101 Å². The molecule has 20 heavy (non-hydrogen) atoms. The summed E-state index contributed by atoms with van der Waals surface area (Å²) >= 11 is 0. The number of aryl methyl sites for hydroxylation is 1. The number of carbonyl (C=O) groups excluding carboxylic acids is 1. The minimum absolute atomic E-state index is 0.0995. The molecule has 0 amide bonds. The van der Waals surface area contributed by atoms with E-state index in [-0.39, 0.29) is 10.5 Å². The quantitative estimate of drug-likeness (QED) is 0.794. The van der Waals surface area contributed by atoms with E-state index in [4.69, 9.17) is 5.11 Å². The highest BCUT2D eigenvalue weighted by atomic mass is 32.2. The lowest BCUT2D eigenvalue weighted by Crippen LogP contribution is -2.32. The van der Waals surface area contributed by atoms with Crippen molar-refractivity contribution in [2.45, 2.75) is 11.8 Å². The van der Waals surface area contributed by atoms with Crippen LogP contribution in [-0.4, -0.2) is 50.5 Å². The summed E-state index contributed by atoms with van der Waals surface area (Å²) < 4.78 is 29.6. The standard InChI is InChI=1S/C12H15NO6S/c1-8-4-5-9(6-10(8)12(15)16)20(17,18)13(2)7-11(14)19-3/h4-6H,7H2,1-3H3,(H,15,16). The Labute approximate surface area is 116 Å². The number of hydrogen-bond donors (Lipinski definition) is 1. The van der Waals surface area contributed by atoms with Gasteiger partial charge < -0.3 is 9.84 Å². The van der Waals surface area contributed by atoms with Crippen LogP contribution in [0.2, 0.25) is 0 Å².